The monoisotopic (exact) mass is 433 g/mol. The van der Waals surface area contributed by atoms with Crippen LogP contribution in [-0.4, -0.2) is 45.4 Å². The lowest BCUT2D eigenvalue weighted by atomic mass is 9.89. The van der Waals surface area contributed by atoms with Gasteiger partial charge in [0.05, 0.1) is 24.2 Å². The molecule has 30 heavy (non-hydrogen) atoms. The third-order valence-corrected chi connectivity index (χ3v) is 5.83. The van der Waals surface area contributed by atoms with Crippen molar-refractivity contribution in [2.45, 2.75) is 63.3 Å². The van der Waals surface area contributed by atoms with Gasteiger partial charge in [0.15, 0.2) is 0 Å². The fraction of sp³-hybridized carbons (Fsp3) is 0.542. The summed E-state index contributed by atoms with van der Waals surface area (Å²) in [4.78, 5) is 11.4. The van der Waals surface area contributed by atoms with Gasteiger partial charge in [-0.15, -0.1) is 0 Å². The molecule has 1 amide bonds. The van der Waals surface area contributed by atoms with E-state index in [1.807, 2.05) is 48.6 Å². The minimum absolute atomic E-state index is 0.00348. The number of nitrogens with one attached hydrogen (secondary N) is 1. The molecule has 0 heterocycles. The highest BCUT2D eigenvalue weighted by Gasteiger charge is 2.39. The number of allylic oxidation sites excluding steroid dienone is 2. The fourth-order valence-electron chi connectivity index (χ4n) is 3.95. The average molecular weight is 434 g/mol. The summed E-state index contributed by atoms with van der Waals surface area (Å²) in [5, 5.41) is 33.6. The van der Waals surface area contributed by atoms with Crippen LogP contribution in [0.25, 0.3) is 0 Å². The van der Waals surface area contributed by atoms with Crippen LogP contribution >= 0.6 is 12.6 Å². The molecule has 0 unspecified atom stereocenters. The number of aliphatic hydroxyl groups is 3. The first-order chi connectivity index (χ1) is 14.5. The van der Waals surface area contributed by atoms with Gasteiger partial charge >= 0.3 is 0 Å². The number of hydrogen-bond acceptors (Lipinski definition) is 5. The number of aliphatic hydroxyl groups excluding tert-OH is 3. The number of carbonyl (C=O) groups excluding carboxylic acids is 1. The molecule has 0 saturated heterocycles. The second-order valence-corrected chi connectivity index (χ2v) is 8.26. The van der Waals surface area contributed by atoms with Crippen molar-refractivity contribution in [1.29, 1.82) is 0 Å². The minimum Gasteiger partial charge on any atom is -0.393 e. The summed E-state index contributed by atoms with van der Waals surface area (Å²) >= 11 is 3.96. The highest BCUT2D eigenvalue weighted by Crippen LogP contribution is 2.36. The van der Waals surface area contributed by atoms with Gasteiger partial charge < -0.3 is 20.6 Å². The molecule has 0 aromatic heterocycles. The number of carbonyl (C=O) groups is 1. The number of benzene rings is 1. The van der Waals surface area contributed by atoms with Crippen LogP contribution in [0.5, 0.6) is 0 Å². The van der Waals surface area contributed by atoms with Crippen molar-refractivity contribution >= 4 is 18.5 Å². The number of amides is 1. The van der Waals surface area contributed by atoms with E-state index in [2.05, 4.69) is 17.9 Å². The lowest BCUT2D eigenvalue weighted by Gasteiger charge is -2.19. The second-order valence-electron chi connectivity index (χ2n) is 7.95. The van der Waals surface area contributed by atoms with Crippen LogP contribution in [-0.2, 0) is 11.2 Å². The zero-order chi connectivity index (χ0) is 21.8. The van der Waals surface area contributed by atoms with Crippen molar-refractivity contribution in [3.8, 4) is 0 Å². The van der Waals surface area contributed by atoms with Crippen LogP contribution in [0.1, 0.15) is 44.1 Å². The maximum atomic E-state index is 11.4. The van der Waals surface area contributed by atoms with Crippen molar-refractivity contribution in [2.24, 2.45) is 11.8 Å². The Kier molecular flexibility index (Phi) is 11.2. The molecule has 0 spiro atoms. The van der Waals surface area contributed by atoms with E-state index in [9.17, 15) is 20.1 Å². The number of unbranched alkanes of at least 4 members (excludes halogenated alkanes) is 1. The molecule has 6 heteroatoms. The van der Waals surface area contributed by atoms with E-state index >= 15 is 0 Å². The molecule has 4 N–H and O–H groups in total. The number of aryl methyl sites for hydroxylation is 1. The van der Waals surface area contributed by atoms with Gasteiger partial charge in [-0.05, 0) is 43.6 Å². The van der Waals surface area contributed by atoms with Gasteiger partial charge in [0.2, 0.25) is 5.91 Å². The van der Waals surface area contributed by atoms with E-state index in [1.54, 1.807) is 6.08 Å². The lowest BCUT2D eigenvalue weighted by Crippen LogP contribution is -2.21. The molecule has 0 bridgehead atoms. The zero-order valence-electron chi connectivity index (χ0n) is 17.4. The van der Waals surface area contributed by atoms with Crippen LogP contribution in [0.15, 0.2) is 54.6 Å². The van der Waals surface area contributed by atoms with Crippen molar-refractivity contribution in [3.05, 3.63) is 60.2 Å². The number of hydrogen-bond donors (Lipinski definition) is 5. The summed E-state index contributed by atoms with van der Waals surface area (Å²) in [7, 11) is 0. The highest BCUT2D eigenvalue weighted by atomic mass is 32.1. The van der Waals surface area contributed by atoms with Gasteiger partial charge in [-0.25, -0.2) is 0 Å². The van der Waals surface area contributed by atoms with Gasteiger partial charge in [-0.3, -0.25) is 4.79 Å². The third kappa shape index (κ3) is 8.64. The highest BCUT2D eigenvalue weighted by molar-refractivity contribution is 7.80. The molecule has 1 aliphatic carbocycles. The molecule has 1 fully saturated rings. The van der Waals surface area contributed by atoms with Gasteiger partial charge in [-0.2, -0.15) is 12.6 Å². The summed E-state index contributed by atoms with van der Waals surface area (Å²) in [6.07, 6.45) is 10.4. The van der Waals surface area contributed by atoms with E-state index in [-0.39, 0.29) is 17.7 Å². The smallest absolute Gasteiger partial charge is 0.220 e. The van der Waals surface area contributed by atoms with E-state index in [4.69, 9.17) is 0 Å². The topological polar surface area (TPSA) is 89.8 Å². The average Bonchev–Trinajstić information content (AvgIpc) is 3.00. The molecule has 2 rings (SSSR count). The molecule has 1 saturated carbocycles. The first-order valence-electron chi connectivity index (χ1n) is 10.8. The van der Waals surface area contributed by atoms with Crippen LogP contribution in [0.2, 0.25) is 0 Å². The fourth-order valence-corrected chi connectivity index (χ4v) is 4.12. The maximum Gasteiger partial charge on any atom is 0.220 e. The Morgan fingerprint density at radius 3 is 2.70 bits per heavy atom. The van der Waals surface area contributed by atoms with Crippen molar-refractivity contribution in [2.75, 3.05) is 5.88 Å². The van der Waals surface area contributed by atoms with E-state index in [0.29, 0.717) is 31.6 Å². The number of rotatable bonds is 12. The Morgan fingerprint density at radius 2 is 1.97 bits per heavy atom. The second kappa shape index (κ2) is 13.7. The summed E-state index contributed by atoms with van der Waals surface area (Å²) in [6, 6.07) is 10.0. The Labute approximate surface area is 185 Å². The molecule has 166 valence electrons. The normalized spacial score (nSPS) is 25.2. The summed E-state index contributed by atoms with van der Waals surface area (Å²) in [5.41, 5.74) is 1.19. The van der Waals surface area contributed by atoms with Crippen LogP contribution < -0.4 is 5.32 Å². The molecular formula is C24H35NO4S. The summed E-state index contributed by atoms with van der Waals surface area (Å²) in [5.74, 6) is 0.120. The van der Waals surface area contributed by atoms with Crippen molar-refractivity contribution in [3.63, 3.8) is 0 Å². The van der Waals surface area contributed by atoms with Gasteiger partial charge in [0, 0.05) is 18.8 Å². The van der Waals surface area contributed by atoms with E-state index in [0.717, 1.165) is 19.3 Å². The Balaban J connectivity index is 1.78. The Hall–Kier alpha value is -1.60. The van der Waals surface area contributed by atoms with Gasteiger partial charge in [-0.1, -0.05) is 54.6 Å². The van der Waals surface area contributed by atoms with Crippen LogP contribution in [0.4, 0.5) is 0 Å². The largest absolute Gasteiger partial charge is 0.393 e. The maximum absolute atomic E-state index is 11.4. The van der Waals surface area contributed by atoms with Crippen molar-refractivity contribution in [1.82, 2.24) is 5.32 Å². The predicted molar refractivity (Wildman–Crippen MR) is 123 cm³/mol. The standard InChI is InChI=1S/C24H35NO4S/c26-19(13-12-18-8-4-3-5-9-18)14-15-21-20(22(27)16-23(21)28)10-6-1-2-7-11-24(29)25-17-30/h1,3-6,8-9,14-15,19-23,26-28,30H,2,7,10-13,16-17H2,(H,25,29)/b6-1-,15-14+/t19-,20+,21+,22-,23+/m0/s1. The zero-order valence-corrected chi connectivity index (χ0v) is 18.3. The van der Waals surface area contributed by atoms with Crippen LogP contribution in [0.3, 0.4) is 0 Å². The molecule has 1 aromatic rings. The molecule has 5 nitrogen and oxygen atoms in total. The SMILES string of the molecule is O=C(CCC/C=C\C[C@@H]1[C@@H](/C=C/[C@@H](O)CCc2ccccc2)[C@H](O)C[C@@H]1O)NCS. The van der Waals surface area contributed by atoms with E-state index < -0.39 is 18.3 Å². The molecule has 1 aliphatic rings. The minimum atomic E-state index is -0.596. The molecule has 0 aliphatic heterocycles. The Morgan fingerprint density at radius 1 is 1.20 bits per heavy atom. The van der Waals surface area contributed by atoms with Gasteiger partial charge in [0.25, 0.3) is 0 Å². The van der Waals surface area contributed by atoms with Gasteiger partial charge in [0.1, 0.15) is 0 Å². The summed E-state index contributed by atoms with van der Waals surface area (Å²) < 4.78 is 0. The quantitative estimate of drug-likeness (QED) is 0.152. The first-order valence-corrected chi connectivity index (χ1v) is 11.4. The van der Waals surface area contributed by atoms with Crippen molar-refractivity contribution < 1.29 is 20.1 Å². The summed E-state index contributed by atoms with van der Waals surface area (Å²) in [6.45, 7) is 0. The predicted octanol–water partition coefficient (Wildman–Crippen LogP) is 3.01. The van der Waals surface area contributed by atoms with E-state index in [1.165, 1.54) is 5.56 Å². The first kappa shape index (κ1) is 24.7. The molecular weight excluding hydrogens is 398 g/mol. The Bertz CT molecular complexity index is 679. The molecule has 5 atom stereocenters. The molecule has 0 radical (unpaired) electrons. The molecule has 1 aromatic carbocycles. The number of thiol groups is 1. The lowest BCUT2D eigenvalue weighted by molar-refractivity contribution is -0.120. The van der Waals surface area contributed by atoms with Crippen LogP contribution in [0, 0.1) is 11.8 Å². The third-order valence-electron chi connectivity index (χ3n) is 5.67.